The molecule has 328 valence electrons. The van der Waals surface area contributed by atoms with Crippen LogP contribution < -0.4 is 19.7 Å². The van der Waals surface area contributed by atoms with Crippen LogP contribution in [0.25, 0.3) is 16.6 Å². The maximum atomic E-state index is 11.8. The fraction of sp³-hybridized carbons (Fsp3) is 0.404. The quantitative estimate of drug-likeness (QED) is 0.0588. The summed E-state index contributed by atoms with van der Waals surface area (Å²) >= 11 is 0. The van der Waals surface area contributed by atoms with E-state index in [2.05, 4.69) is 74.8 Å². The van der Waals surface area contributed by atoms with E-state index < -0.39 is 14.9 Å². The van der Waals surface area contributed by atoms with Crippen LogP contribution in [-0.4, -0.2) is 94.0 Å². The van der Waals surface area contributed by atoms with Crippen LogP contribution >= 0.6 is 0 Å². The van der Waals surface area contributed by atoms with Gasteiger partial charge in [0.1, 0.15) is 22.8 Å². The monoisotopic (exact) mass is 863 g/mol. The Morgan fingerprint density at radius 2 is 1.77 bits per heavy atom. The lowest BCUT2D eigenvalue weighted by Crippen LogP contribution is -2.47. The summed E-state index contributed by atoms with van der Waals surface area (Å²) in [4.78, 5) is 34.7. The molecule has 0 unspecified atom stereocenters. The highest BCUT2D eigenvalue weighted by molar-refractivity contribution is 7.89. The van der Waals surface area contributed by atoms with Gasteiger partial charge in [-0.3, -0.25) is 19.8 Å². The Morgan fingerprint density at radius 3 is 2.48 bits per heavy atom. The SMILES string of the molecule is CNS(=O)(=O)c1ccc(NCC2CCOCC2)c([N+](=O)[O-])c1.Cc1ccc(C2=C(CN3CCN(c4ccc(C=O)c(Oc5cnc6[nH]ccc6c5)c4)CC3)CCC(C)(C)C2)cc1. The van der Waals surface area contributed by atoms with Crippen LogP contribution in [0.4, 0.5) is 17.1 Å². The van der Waals surface area contributed by atoms with Crippen molar-refractivity contribution in [2.24, 2.45) is 11.3 Å². The number of pyridine rings is 1. The lowest BCUT2D eigenvalue weighted by atomic mass is 9.72. The molecule has 14 nitrogen and oxygen atoms in total. The zero-order valence-corrected chi connectivity index (χ0v) is 36.8. The highest BCUT2D eigenvalue weighted by Gasteiger charge is 2.30. The predicted octanol–water partition coefficient (Wildman–Crippen LogP) is 8.60. The minimum Gasteiger partial charge on any atom is -0.455 e. The topological polar surface area (TPSA) is 172 Å². The number of carbonyl (C=O) groups excluding carboxylic acids is 1. The summed E-state index contributed by atoms with van der Waals surface area (Å²) in [5.74, 6) is 1.57. The zero-order valence-electron chi connectivity index (χ0n) is 36.0. The molecule has 15 heteroatoms. The van der Waals surface area contributed by atoms with E-state index >= 15 is 0 Å². The molecule has 3 aliphatic rings. The molecular weight excluding hydrogens is 807 g/mol. The molecule has 3 aromatic carbocycles. The molecule has 0 saturated carbocycles. The number of hydrogen-bond donors (Lipinski definition) is 3. The minimum atomic E-state index is -3.71. The molecule has 0 amide bonds. The van der Waals surface area contributed by atoms with Crippen molar-refractivity contribution >= 4 is 50.0 Å². The van der Waals surface area contributed by atoms with Gasteiger partial charge in [0.05, 0.1) is 21.6 Å². The average Bonchev–Trinajstić information content (AvgIpc) is 3.75. The number of hydrogen-bond acceptors (Lipinski definition) is 11. The van der Waals surface area contributed by atoms with Crippen LogP contribution in [0.15, 0.2) is 95.7 Å². The molecule has 2 fully saturated rings. The summed E-state index contributed by atoms with van der Waals surface area (Å²) in [6, 6.07) is 22.7. The number of piperazine rings is 1. The van der Waals surface area contributed by atoms with Gasteiger partial charge in [0, 0.05) is 81.9 Å². The summed E-state index contributed by atoms with van der Waals surface area (Å²) < 4.78 is 37.0. The first kappa shape index (κ1) is 44.4. The van der Waals surface area contributed by atoms with Crippen LogP contribution in [0.5, 0.6) is 11.5 Å². The number of aromatic amines is 1. The van der Waals surface area contributed by atoms with Gasteiger partial charge in [-0.1, -0.05) is 49.2 Å². The summed E-state index contributed by atoms with van der Waals surface area (Å²) in [6.07, 6.45) is 9.77. The maximum absolute atomic E-state index is 11.8. The first-order valence-electron chi connectivity index (χ1n) is 21.3. The molecular formula is C47H57N7O7S. The summed E-state index contributed by atoms with van der Waals surface area (Å²) in [5.41, 5.74) is 8.71. The van der Waals surface area contributed by atoms with Gasteiger partial charge in [0.2, 0.25) is 10.0 Å². The van der Waals surface area contributed by atoms with Gasteiger partial charge in [-0.15, -0.1) is 0 Å². The fourth-order valence-electron chi connectivity index (χ4n) is 8.31. The number of nitro benzene ring substituents is 1. The van der Waals surface area contributed by atoms with E-state index in [1.165, 1.54) is 43.1 Å². The molecule has 5 aromatic rings. The largest absolute Gasteiger partial charge is 0.455 e. The number of ether oxygens (including phenoxy) is 2. The molecule has 0 radical (unpaired) electrons. The number of sulfonamides is 1. The van der Waals surface area contributed by atoms with Crippen molar-refractivity contribution in [1.82, 2.24) is 19.6 Å². The van der Waals surface area contributed by atoms with E-state index in [0.29, 0.717) is 53.8 Å². The number of benzene rings is 3. The number of nitro groups is 1. The molecule has 62 heavy (non-hydrogen) atoms. The van der Waals surface area contributed by atoms with Gasteiger partial charge in [0.25, 0.3) is 5.69 Å². The van der Waals surface area contributed by atoms with E-state index in [1.807, 2.05) is 36.5 Å². The van der Waals surface area contributed by atoms with Crippen molar-refractivity contribution in [3.05, 3.63) is 118 Å². The van der Waals surface area contributed by atoms with Gasteiger partial charge < -0.3 is 24.7 Å². The number of aromatic nitrogens is 2. The zero-order chi connectivity index (χ0) is 43.9. The number of aldehydes is 1. The number of nitrogens with one attached hydrogen (secondary N) is 3. The van der Waals surface area contributed by atoms with Crippen LogP contribution in [0.3, 0.4) is 0 Å². The van der Waals surface area contributed by atoms with Gasteiger partial charge in [-0.2, -0.15) is 0 Å². The molecule has 4 heterocycles. The van der Waals surface area contributed by atoms with E-state index in [-0.39, 0.29) is 10.6 Å². The van der Waals surface area contributed by atoms with Crippen molar-refractivity contribution in [1.29, 1.82) is 0 Å². The van der Waals surface area contributed by atoms with Crippen molar-refractivity contribution in [2.75, 3.05) is 69.7 Å². The molecule has 0 spiro atoms. The number of nitrogens with zero attached hydrogens (tertiary/aromatic N) is 4. The van der Waals surface area contributed by atoms with Crippen LogP contribution in [0.1, 0.15) is 67.4 Å². The number of aryl methyl sites for hydroxylation is 1. The third-order valence-corrected chi connectivity index (χ3v) is 13.5. The van der Waals surface area contributed by atoms with Gasteiger partial charge in [-0.05, 0) is 105 Å². The Morgan fingerprint density at radius 1 is 1.02 bits per heavy atom. The summed E-state index contributed by atoms with van der Waals surface area (Å²) in [7, 11) is -2.44. The first-order chi connectivity index (χ1) is 29.8. The van der Waals surface area contributed by atoms with Crippen LogP contribution in [0, 0.1) is 28.4 Å². The second-order valence-corrected chi connectivity index (χ2v) is 19.0. The molecule has 3 N–H and O–H groups in total. The Balaban J connectivity index is 0.000000223. The van der Waals surface area contributed by atoms with Crippen molar-refractivity contribution in [3.8, 4) is 11.5 Å². The molecule has 2 saturated heterocycles. The number of rotatable bonds is 13. The Bertz CT molecular complexity index is 2510. The normalized spacial score (nSPS) is 17.3. The number of allylic oxidation sites excluding steroid dienone is 1. The molecule has 8 rings (SSSR count). The number of H-pyrrole nitrogens is 1. The lowest BCUT2D eigenvalue weighted by Gasteiger charge is -2.39. The van der Waals surface area contributed by atoms with Crippen molar-refractivity contribution in [2.45, 2.75) is 57.8 Å². The Hall–Kier alpha value is -5.61. The standard InChI is InChI=1S/C34H38N4O2.C13H19N3O5S/c1-24-4-6-25(7-5-24)31-20-34(2,3)12-10-27(31)22-37-14-16-38(17-15-37)29-9-8-28(23-39)32(19-29)40-30-18-26-11-13-35-33(26)36-21-30;1-14-22(19,20)11-2-3-12(13(8-11)16(17)18)15-9-10-4-6-21-7-5-10/h4-9,11,13,18-19,21,23H,10,12,14-17,20,22H2,1-3H3,(H,35,36);2-3,8,10,14-15H,4-7,9H2,1H3. The van der Waals surface area contributed by atoms with Crippen LogP contribution in [0.2, 0.25) is 0 Å². The lowest BCUT2D eigenvalue weighted by molar-refractivity contribution is -0.384. The fourth-order valence-corrected chi connectivity index (χ4v) is 9.06. The molecule has 2 aliphatic heterocycles. The smallest absolute Gasteiger partial charge is 0.293 e. The molecule has 0 bridgehead atoms. The number of fused-ring (bicyclic) bond motifs is 1. The molecule has 2 aromatic heterocycles. The molecule has 1 aliphatic carbocycles. The van der Waals surface area contributed by atoms with Gasteiger partial charge in [-0.25, -0.2) is 18.1 Å². The molecule has 0 atom stereocenters. The van der Waals surface area contributed by atoms with Gasteiger partial charge >= 0.3 is 0 Å². The van der Waals surface area contributed by atoms with E-state index in [4.69, 9.17) is 9.47 Å². The Kier molecular flexibility index (Phi) is 14.1. The minimum absolute atomic E-state index is 0.127. The summed E-state index contributed by atoms with van der Waals surface area (Å²) in [6.45, 7) is 13.9. The van der Waals surface area contributed by atoms with Crippen LogP contribution in [-0.2, 0) is 14.8 Å². The van der Waals surface area contributed by atoms with Gasteiger partial charge in [0.15, 0.2) is 6.29 Å². The predicted molar refractivity (Wildman–Crippen MR) is 244 cm³/mol. The Labute approximate surface area is 363 Å². The third-order valence-electron chi connectivity index (χ3n) is 12.1. The van der Waals surface area contributed by atoms with Crippen molar-refractivity contribution < 1.29 is 27.6 Å². The number of carbonyl (C=O) groups is 1. The maximum Gasteiger partial charge on any atom is 0.293 e. The second-order valence-electron chi connectivity index (χ2n) is 17.2. The third kappa shape index (κ3) is 11.1. The van der Waals surface area contributed by atoms with E-state index in [0.717, 1.165) is 81.1 Å². The highest BCUT2D eigenvalue weighted by atomic mass is 32.2. The first-order valence-corrected chi connectivity index (χ1v) is 22.8. The van der Waals surface area contributed by atoms with E-state index in [1.54, 1.807) is 17.3 Å². The number of anilines is 2. The van der Waals surface area contributed by atoms with E-state index in [9.17, 15) is 23.3 Å². The summed E-state index contributed by atoms with van der Waals surface area (Å²) in [5, 5.41) is 15.2. The highest BCUT2D eigenvalue weighted by Crippen LogP contribution is 2.43. The average molecular weight is 864 g/mol. The second kappa shape index (κ2) is 19.6. The van der Waals surface area contributed by atoms with Crippen molar-refractivity contribution in [3.63, 3.8) is 0 Å².